The highest BCUT2D eigenvalue weighted by Crippen LogP contribution is 2.20. The molecule has 0 aromatic heterocycles. The molecule has 4 nitrogen and oxygen atoms in total. The monoisotopic (exact) mass is 200 g/mol. The van der Waals surface area contributed by atoms with Gasteiger partial charge in [0.2, 0.25) is 0 Å². The van der Waals surface area contributed by atoms with Crippen LogP contribution in [0, 0.1) is 0 Å². The molecule has 0 saturated carbocycles. The van der Waals surface area contributed by atoms with Crippen molar-refractivity contribution in [1.29, 1.82) is 0 Å². The lowest BCUT2D eigenvalue weighted by atomic mass is 10.3. The first kappa shape index (κ1) is 12.0. The quantitative estimate of drug-likeness (QED) is 0.229. The maximum atomic E-state index is 11.6. The Morgan fingerprint density at radius 1 is 1.46 bits per heavy atom. The molecule has 0 heterocycles. The highest BCUT2D eigenvalue weighted by molar-refractivity contribution is 5.80. The minimum Gasteiger partial charge on any atom is -0.409 e. The maximum Gasteiger partial charge on any atom is 0.389 e. The molecule has 0 aliphatic carbocycles. The van der Waals surface area contributed by atoms with Crippen molar-refractivity contribution in [3.63, 3.8) is 0 Å². The number of nitrogens with two attached hydrogens (primary N) is 1. The summed E-state index contributed by atoms with van der Waals surface area (Å²) in [5.41, 5.74) is 4.99. The number of hydrogen-bond donors (Lipinski definition) is 2. The number of hydrogen-bond acceptors (Lipinski definition) is 3. The predicted octanol–water partition coefficient (Wildman–Crippen LogP) is 1.09. The first-order valence-electron chi connectivity index (χ1n) is 3.56. The van der Waals surface area contributed by atoms with Gasteiger partial charge in [0.15, 0.2) is 5.84 Å². The number of amidine groups is 1. The van der Waals surface area contributed by atoms with Crippen LogP contribution in [0.5, 0.6) is 0 Å². The van der Waals surface area contributed by atoms with Gasteiger partial charge in [-0.1, -0.05) is 5.16 Å². The van der Waals surface area contributed by atoms with Gasteiger partial charge in [0.05, 0.1) is 0 Å². The van der Waals surface area contributed by atoms with Gasteiger partial charge < -0.3 is 15.7 Å². The van der Waals surface area contributed by atoms with Gasteiger partial charge in [-0.15, -0.1) is 0 Å². The molecule has 0 fully saturated rings. The van der Waals surface area contributed by atoms with Crippen LogP contribution in [0.2, 0.25) is 0 Å². The summed E-state index contributed by atoms with van der Waals surface area (Å²) in [7, 11) is 0. The molecule has 0 amide bonds. The Kier molecular flexibility index (Phi) is 5.20. The molecule has 0 aliphatic rings. The lowest BCUT2D eigenvalue weighted by molar-refractivity contribution is -0.137. The molecule has 0 aliphatic heterocycles. The number of alkyl halides is 3. The Morgan fingerprint density at radius 2 is 2.08 bits per heavy atom. The Hall–Kier alpha value is -0.980. The van der Waals surface area contributed by atoms with E-state index in [0.29, 0.717) is 0 Å². The molecule has 7 heteroatoms. The second kappa shape index (κ2) is 5.63. The smallest absolute Gasteiger partial charge is 0.389 e. The van der Waals surface area contributed by atoms with Crippen molar-refractivity contribution in [1.82, 2.24) is 0 Å². The molecule has 0 rings (SSSR count). The summed E-state index contributed by atoms with van der Waals surface area (Å²) in [6.45, 7) is -0.218. The second-order valence-corrected chi connectivity index (χ2v) is 2.36. The molecule has 0 aromatic rings. The molecule has 0 radical (unpaired) electrons. The van der Waals surface area contributed by atoms with Gasteiger partial charge in [0.1, 0.15) is 6.61 Å². The summed E-state index contributed by atoms with van der Waals surface area (Å²) in [5.74, 6) is -0.160. The van der Waals surface area contributed by atoms with Gasteiger partial charge in [0, 0.05) is 13.0 Å². The van der Waals surface area contributed by atoms with E-state index >= 15 is 0 Å². The summed E-state index contributed by atoms with van der Waals surface area (Å²) in [6, 6.07) is 0. The molecular weight excluding hydrogens is 189 g/mol. The van der Waals surface area contributed by atoms with Gasteiger partial charge >= 0.3 is 6.18 Å². The molecular formula is C6H11F3N2O2. The molecule has 0 atom stereocenters. The van der Waals surface area contributed by atoms with Crippen LogP contribution < -0.4 is 5.73 Å². The Morgan fingerprint density at radius 3 is 2.54 bits per heavy atom. The minimum atomic E-state index is -4.15. The largest absolute Gasteiger partial charge is 0.409 e. The Balaban J connectivity index is 3.28. The summed E-state index contributed by atoms with van der Waals surface area (Å²) < 4.78 is 39.4. The number of nitrogens with zero attached hydrogens (tertiary/aromatic N) is 1. The second-order valence-electron chi connectivity index (χ2n) is 2.36. The van der Waals surface area contributed by atoms with Crippen molar-refractivity contribution in [2.75, 3.05) is 13.2 Å². The Bertz CT molecular complexity index is 170. The summed E-state index contributed by atoms with van der Waals surface area (Å²) in [4.78, 5) is 0. The highest BCUT2D eigenvalue weighted by Gasteiger charge is 2.25. The van der Waals surface area contributed by atoms with Gasteiger partial charge in [-0.2, -0.15) is 13.2 Å². The third-order valence-electron chi connectivity index (χ3n) is 1.13. The number of oxime groups is 1. The molecule has 3 N–H and O–H groups in total. The number of rotatable bonds is 5. The SMILES string of the molecule is NC(COCCCC(F)(F)F)=NO. The van der Waals surface area contributed by atoms with Crippen molar-refractivity contribution in [2.24, 2.45) is 10.9 Å². The summed E-state index contributed by atoms with van der Waals surface area (Å²) in [5, 5.41) is 10.6. The first-order chi connectivity index (χ1) is 5.95. The highest BCUT2D eigenvalue weighted by atomic mass is 19.4. The van der Waals surface area contributed by atoms with E-state index in [2.05, 4.69) is 9.89 Å². The maximum absolute atomic E-state index is 11.6. The topological polar surface area (TPSA) is 67.8 Å². The molecule has 0 unspecified atom stereocenters. The fourth-order valence-electron chi connectivity index (χ4n) is 0.580. The van der Waals surface area contributed by atoms with E-state index in [1.54, 1.807) is 0 Å². The normalized spacial score (nSPS) is 13.3. The minimum absolute atomic E-state index is 0.0598. The summed E-state index contributed by atoms with van der Waals surface area (Å²) in [6.07, 6.45) is -5.16. The van der Waals surface area contributed by atoms with E-state index in [1.807, 2.05) is 0 Å². The zero-order chi connectivity index (χ0) is 10.3. The van der Waals surface area contributed by atoms with Crippen LogP contribution in [0.15, 0.2) is 5.16 Å². The molecule has 0 bridgehead atoms. The lowest BCUT2D eigenvalue weighted by Gasteiger charge is -2.05. The van der Waals surface area contributed by atoms with Crippen molar-refractivity contribution in [3.8, 4) is 0 Å². The van der Waals surface area contributed by atoms with E-state index in [4.69, 9.17) is 10.9 Å². The van der Waals surface area contributed by atoms with Crippen LogP contribution in [-0.2, 0) is 4.74 Å². The lowest BCUT2D eigenvalue weighted by Crippen LogP contribution is -2.19. The fraction of sp³-hybridized carbons (Fsp3) is 0.833. The van der Waals surface area contributed by atoms with Gasteiger partial charge in [-0.25, -0.2) is 0 Å². The van der Waals surface area contributed by atoms with Gasteiger partial charge in [0.25, 0.3) is 0 Å². The average molecular weight is 200 g/mol. The predicted molar refractivity (Wildman–Crippen MR) is 39.5 cm³/mol. The van der Waals surface area contributed by atoms with Crippen molar-refractivity contribution in [3.05, 3.63) is 0 Å². The standard InChI is InChI=1S/C6H11F3N2O2/c7-6(8,9)2-1-3-13-4-5(10)11-12/h12H,1-4H2,(H2,10,11). The average Bonchev–Trinajstić information content (AvgIpc) is 2.01. The van der Waals surface area contributed by atoms with Crippen LogP contribution in [0.3, 0.4) is 0 Å². The van der Waals surface area contributed by atoms with Crippen LogP contribution in [0.4, 0.5) is 13.2 Å². The zero-order valence-electron chi connectivity index (χ0n) is 6.84. The van der Waals surface area contributed by atoms with Crippen molar-refractivity contribution in [2.45, 2.75) is 19.0 Å². The van der Waals surface area contributed by atoms with Crippen LogP contribution in [0.25, 0.3) is 0 Å². The first-order valence-corrected chi connectivity index (χ1v) is 3.56. The van der Waals surface area contributed by atoms with E-state index in [9.17, 15) is 13.2 Å². The number of ether oxygens (including phenoxy) is 1. The Labute approximate surface area is 73.2 Å². The van der Waals surface area contributed by atoms with Gasteiger partial charge in [-0.05, 0) is 6.42 Å². The van der Waals surface area contributed by atoms with E-state index in [1.165, 1.54) is 0 Å². The van der Waals surface area contributed by atoms with Crippen LogP contribution in [-0.4, -0.2) is 30.4 Å². The van der Waals surface area contributed by atoms with Crippen molar-refractivity contribution < 1.29 is 23.1 Å². The third kappa shape index (κ3) is 8.93. The molecule has 78 valence electrons. The zero-order valence-corrected chi connectivity index (χ0v) is 6.84. The molecule has 0 saturated heterocycles. The van der Waals surface area contributed by atoms with E-state index < -0.39 is 12.6 Å². The van der Waals surface area contributed by atoms with E-state index in [-0.39, 0.29) is 25.5 Å². The molecule has 13 heavy (non-hydrogen) atoms. The fourth-order valence-corrected chi connectivity index (χ4v) is 0.580. The molecule has 0 aromatic carbocycles. The summed E-state index contributed by atoms with van der Waals surface area (Å²) >= 11 is 0. The third-order valence-corrected chi connectivity index (χ3v) is 1.13. The number of halogens is 3. The van der Waals surface area contributed by atoms with Crippen LogP contribution in [0.1, 0.15) is 12.8 Å². The molecule has 0 spiro atoms. The van der Waals surface area contributed by atoms with Gasteiger partial charge in [-0.3, -0.25) is 0 Å². The van der Waals surface area contributed by atoms with Crippen molar-refractivity contribution >= 4 is 5.84 Å². The van der Waals surface area contributed by atoms with E-state index in [0.717, 1.165) is 0 Å². The van der Waals surface area contributed by atoms with Crippen LogP contribution >= 0.6 is 0 Å².